The van der Waals surface area contributed by atoms with Crippen LogP contribution in [0.15, 0.2) is 63.5 Å². The molecule has 2 aromatic carbocycles. The summed E-state index contributed by atoms with van der Waals surface area (Å²) in [6.07, 6.45) is 2.71. The first-order chi connectivity index (χ1) is 12.3. The maximum atomic E-state index is 5.77. The zero-order chi connectivity index (χ0) is 17.5. The Morgan fingerprint density at radius 2 is 2.08 bits per heavy atom. The Morgan fingerprint density at radius 3 is 2.88 bits per heavy atom. The van der Waals surface area contributed by atoms with Crippen LogP contribution in [0.5, 0.6) is 5.75 Å². The monoisotopic (exact) mass is 415 g/mol. The molecule has 1 N–H and O–H groups in total. The van der Waals surface area contributed by atoms with Crippen molar-refractivity contribution in [1.29, 1.82) is 0 Å². The van der Waals surface area contributed by atoms with Gasteiger partial charge in [0.2, 0.25) is 5.13 Å². The van der Waals surface area contributed by atoms with Crippen molar-refractivity contribution >= 4 is 38.6 Å². The van der Waals surface area contributed by atoms with Crippen molar-refractivity contribution in [1.82, 2.24) is 4.98 Å². The standard InChI is InChI=1S/C19H18BrN3OS/c1-2-10-24-18-11-16(20)9-8-15(18)12-21-23-19-22-17(13-25-19)14-6-4-3-5-7-14/h3-9,11-13H,2,10H2,1H3,(H,22,23). The van der Waals surface area contributed by atoms with E-state index in [4.69, 9.17) is 4.74 Å². The van der Waals surface area contributed by atoms with Crippen molar-refractivity contribution in [3.05, 3.63) is 63.9 Å². The smallest absolute Gasteiger partial charge is 0.203 e. The zero-order valence-electron chi connectivity index (χ0n) is 13.8. The fourth-order valence-corrected chi connectivity index (χ4v) is 3.18. The Morgan fingerprint density at radius 1 is 1.24 bits per heavy atom. The normalized spacial score (nSPS) is 11.0. The van der Waals surface area contributed by atoms with Crippen LogP contribution >= 0.6 is 27.3 Å². The van der Waals surface area contributed by atoms with Crippen molar-refractivity contribution in [3.63, 3.8) is 0 Å². The highest BCUT2D eigenvalue weighted by Gasteiger charge is 2.04. The summed E-state index contributed by atoms with van der Waals surface area (Å²) in [6, 6.07) is 16.0. The van der Waals surface area contributed by atoms with Crippen LogP contribution < -0.4 is 10.2 Å². The van der Waals surface area contributed by atoms with E-state index in [1.807, 2.05) is 53.9 Å². The summed E-state index contributed by atoms with van der Waals surface area (Å²) in [5, 5.41) is 7.06. The van der Waals surface area contributed by atoms with Crippen molar-refractivity contribution < 1.29 is 4.74 Å². The van der Waals surface area contributed by atoms with Gasteiger partial charge in [-0.15, -0.1) is 11.3 Å². The lowest BCUT2D eigenvalue weighted by Crippen LogP contribution is -1.99. The molecule has 0 bridgehead atoms. The Hall–Kier alpha value is -2.18. The first-order valence-electron chi connectivity index (χ1n) is 7.98. The Labute approximate surface area is 159 Å². The molecule has 0 atom stereocenters. The Balaban J connectivity index is 1.69. The second-order valence-corrected chi connectivity index (χ2v) is 7.08. The van der Waals surface area contributed by atoms with Gasteiger partial charge in [-0.3, -0.25) is 5.43 Å². The fraction of sp³-hybridized carbons (Fsp3) is 0.158. The molecule has 6 heteroatoms. The minimum absolute atomic E-state index is 0.678. The molecule has 0 aliphatic heterocycles. The topological polar surface area (TPSA) is 46.5 Å². The quantitative estimate of drug-likeness (QED) is 0.391. The van der Waals surface area contributed by atoms with Crippen molar-refractivity contribution in [3.8, 4) is 17.0 Å². The van der Waals surface area contributed by atoms with E-state index in [9.17, 15) is 0 Å². The number of thiazole rings is 1. The molecule has 25 heavy (non-hydrogen) atoms. The highest BCUT2D eigenvalue weighted by atomic mass is 79.9. The third-order valence-corrected chi connectivity index (χ3v) is 4.62. The van der Waals surface area contributed by atoms with E-state index in [1.165, 1.54) is 11.3 Å². The molecule has 1 heterocycles. The number of anilines is 1. The van der Waals surface area contributed by atoms with Gasteiger partial charge in [-0.25, -0.2) is 4.98 Å². The molecule has 0 aliphatic carbocycles. The lowest BCUT2D eigenvalue weighted by molar-refractivity contribution is 0.317. The van der Waals surface area contributed by atoms with E-state index in [-0.39, 0.29) is 0 Å². The first-order valence-corrected chi connectivity index (χ1v) is 9.66. The second-order valence-electron chi connectivity index (χ2n) is 5.30. The number of hydrazone groups is 1. The predicted octanol–water partition coefficient (Wildman–Crippen LogP) is 5.81. The van der Waals surface area contributed by atoms with Gasteiger partial charge in [0.1, 0.15) is 5.75 Å². The van der Waals surface area contributed by atoms with E-state index < -0.39 is 0 Å². The molecular weight excluding hydrogens is 398 g/mol. The zero-order valence-corrected chi connectivity index (χ0v) is 16.2. The second kappa shape index (κ2) is 8.78. The number of aromatic nitrogens is 1. The lowest BCUT2D eigenvalue weighted by atomic mass is 10.2. The van der Waals surface area contributed by atoms with Crippen LogP contribution in [-0.4, -0.2) is 17.8 Å². The van der Waals surface area contributed by atoms with Crippen molar-refractivity contribution in [2.24, 2.45) is 5.10 Å². The van der Waals surface area contributed by atoms with Gasteiger partial charge in [0.05, 0.1) is 18.5 Å². The third kappa shape index (κ3) is 4.90. The summed E-state index contributed by atoms with van der Waals surface area (Å²) < 4.78 is 6.75. The predicted molar refractivity (Wildman–Crippen MR) is 109 cm³/mol. The molecule has 0 fully saturated rings. The SMILES string of the molecule is CCCOc1cc(Br)ccc1C=NNc1nc(-c2ccccc2)cs1. The summed E-state index contributed by atoms with van der Waals surface area (Å²) in [5.74, 6) is 0.811. The largest absolute Gasteiger partial charge is 0.493 e. The number of hydrogen-bond acceptors (Lipinski definition) is 5. The number of benzene rings is 2. The Bertz CT molecular complexity index is 849. The molecular formula is C19H18BrN3OS. The molecule has 0 unspecified atom stereocenters. The molecule has 3 aromatic rings. The van der Waals surface area contributed by atoms with Gasteiger partial charge < -0.3 is 4.74 Å². The van der Waals surface area contributed by atoms with Crippen LogP contribution in [0.2, 0.25) is 0 Å². The van der Waals surface area contributed by atoms with Crippen molar-refractivity contribution in [2.75, 3.05) is 12.0 Å². The average Bonchev–Trinajstić information content (AvgIpc) is 3.11. The summed E-state index contributed by atoms with van der Waals surface area (Å²) in [7, 11) is 0. The summed E-state index contributed by atoms with van der Waals surface area (Å²) in [6.45, 7) is 2.76. The average molecular weight is 416 g/mol. The number of nitrogens with one attached hydrogen (secondary N) is 1. The van der Waals surface area contributed by atoms with Gasteiger partial charge in [0, 0.05) is 21.0 Å². The minimum Gasteiger partial charge on any atom is -0.493 e. The van der Waals surface area contributed by atoms with E-state index in [0.717, 1.165) is 38.6 Å². The minimum atomic E-state index is 0.678. The third-order valence-electron chi connectivity index (χ3n) is 3.37. The number of nitrogens with zero attached hydrogens (tertiary/aromatic N) is 2. The molecule has 0 saturated heterocycles. The number of halogens is 1. The molecule has 3 rings (SSSR count). The number of rotatable bonds is 7. The number of ether oxygens (including phenoxy) is 1. The number of hydrogen-bond donors (Lipinski definition) is 1. The Kier molecular flexibility index (Phi) is 6.19. The van der Waals surface area contributed by atoms with Crippen LogP contribution in [0.1, 0.15) is 18.9 Å². The van der Waals surface area contributed by atoms with Crippen LogP contribution in [0.3, 0.4) is 0 Å². The molecule has 0 aliphatic rings. The maximum Gasteiger partial charge on any atom is 0.203 e. The van der Waals surface area contributed by atoms with Gasteiger partial charge >= 0.3 is 0 Å². The molecule has 0 saturated carbocycles. The van der Waals surface area contributed by atoms with E-state index in [0.29, 0.717) is 6.61 Å². The molecule has 0 amide bonds. The summed E-state index contributed by atoms with van der Waals surface area (Å²) in [4.78, 5) is 4.55. The molecule has 4 nitrogen and oxygen atoms in total. The first kappa shape index (κ1) is 17.6. The summed E-state index contributed by atoms with van der Waals surface area (Å²) in [5.41, 5.74) is 5.95. The van der Waals surface area contributed by atoms with Gasteiger partial charge in [0.25, 0.3) is 0 Å². The molecule has 1 aromatic heterocycles. The van der Waals surface area contributed by atoms with Crippen LogP contribution in [-0.2, 0) is 0 Å². The lowest BCUT2D eigenvalue weighted by Gasteiger charge is -2.08. The van der Waals surface area contributed by atoms with Crippen molar-refractivity contribution in [2.45, 2.75) is 13.3 Å². The van der Waals surface area contributed by atoms with E-state index in [2.05, 4.69) is 38.4 Å². The van der Waals surface area contributed by atoms with Gasteiger partial charge in [0.15, 0.2) is 0 Å². The van der Waals surface area contributed by atoms with E-state index >= 15 is 0 Å². The molecule has 0 radical (unpaired) electrons. The maximum absolute atomic E-state index is 5.77. The van der Waals surface area contributed by atoms with Crippen LogP contribution in [0, 0.1) is 0 Å². The fourth-order valence-electron chi connectivity index (χ4n) is 2.18. The summed E-state index contributed by atoms with van der Waals surface area (Å²) >= 11 is 4.99. The molecule has 0 spiro atoms. The van der Waals surface area contributed by atoms with Gasteiger partial charge in [-0.1, -0.05) is 53.2 Å². The highest BCUT2D eigenvalue weighted by molar-refractivity contribution is 9.10. The highest BCUT2D eigenvalue weighted by Crippen LogP contribution is 2.25. The molecule has 128 valence electrons. The van der Waals surface area contributed by atoms with Crippen LogP contribution in [0.4, 0.5) is 5.13 Å². The van der Waals surface area contributed by atoms with Gasteiger partial charge in [-0.2, -0.15) is 5.10 Å². The van der Waals surface area contributed by atoms with Crippen LogP contribution in [0.25, 0.3) is 11.3 Å². The van der Waals surface area contributed by atoms with Gasteiger partial charge in [-0.05, 0) is 24.6 Å². The van der Waals surface area contributed by atoms with E-state index in [1.54, 1.807) is 6.21 Å².